The van der Waals surface area contributed by atoms with Crippen molar-refractivity contribution in [1.82, 2.24) is 5.32 Å². The molecule has 0 saturated carbocycles. The van der Waals surface area contributed by atoms with Crippen LogP contribution in [0.5, 0.6) is 5.75 Å². The predicted octanol–water partition coefficient (Wildman–Crippen LogP) is 2.19. The summed E-state index contributed by atoms with van der Waals surface area (Å²) in [6, 6.07) is 6.33. The number of hydrogen-bond donors (Lipinski definition) is 3. The Bertz CT molecular complexity index is 646. The molecule has 8 heteroatoms. The number of carbonyl (C=O) groups excluding carboxylic acids is 2. The zero-order chi connectivity index (χ0) is 19.3. The maximum Gasteiger partial charge on any atom is 0.408 e. The van der Waals surface area contributed by atoms with Gasteiger partial charge in [-0.05, 0) is 58.4 Å². The van der Waals surface area contributed by atoms with Gasteiger partial charge in [0.1, 0.15) is 16.9 Å². The van der Waals surface area contributed by atoms with Crippen molar-refractivity contribution < 1.29 is 19.1 Å². The van der Waals surface area contributed by atoms with Crippen LogP contribution in [0.15, 0.2) is 29.3 Å². The fourth-order valence-corrected chi connectivity index (χ4v) is 1.77. The lowest BCUT2D eigenvalue weighted by atomic mass is 9.99. The highest BCUT2D eigenvalue weighted by Gasteiger charge is 2.36. The third-order valence-electron chi connectivity index (χ3n) is 3.24. The number of alkyl carbamates (subject to hydrolysis) is 1. The molecular weight excluding hydrogens is 324 g/mol. The number of esters is 1. The minimum atomic E-state index is -1.22. The van der Waals surface area contributed by atoms with E-state index >= 15 is 0 Å². The van der Waals surface area contributed by atoms with Gasteiger partial charge in [-0.25, -0.2) is 14.6 Å². The Balaban J connectivity index is 2.81. The number of aliphatic imine (C=N–C) groups is 1. The van der Waals surface area contributed by atoms with E-state index in [1.54, 1.807) is 58.9 Å². The molecule has 0 aliphatic heterocycles. The van der Waals surface area contributed by atoms with E-state index in [9.17, 15) is 9.59 Å². The van der Waals surface area contributed by atoms with Gasteiger partial charge in [-0.2, -0.15) is 0 Å². The molecule has 25 heavy (non-hydrogen) atoms. The summed E-state index contributed by atoms with van der Waals surface area (Å²) in [6.45, 7) is 8.57. The minimum Gasteiger partial charge on any atom is -0.444 e. The van der Waals surface area contributed by atoms with Gasteiger partial charge in [0, 0.05) is 0 Å². The van der Waals surface area contributed by atoms with Crippen molar-refractivity contribution in [2.45, 2.75) is 52.2 Å². The highest BCUT2D eigenvalue weighted by Crippen LogP contribution is 2.21. The van der Waals surface area contributed by atoms with Gasteiger partial charge in [-0.1, -0.05) is 6.92 Å². The van der Waals surface area contributed by atoms with E-state index < -0.39 is 23.2 Å². The summed E-state index contributed by atoms with van der Waals surface area (Å²) in [5, 5.41) is 2.57. The molecule has 1 aromatic carbocycles. The molecule has 1 aromatic rings. The summed E-state index contributed by atoms with van der Waals surface area (Å²) in [6.07, 6.45) is -0.353. The highest BCUT2D eigenvalue weighted by molar-refractivity contribution is 5.87. The maximum atomic E-state index is 12.5. The van der Waals surface area contributed by atoms with Crippen molar-refractivity contribution in [2.24, 2.45) is 16.5 Å². The topological polar surface area (TPSA) is 129 Å². The van der Waals surface area contributed by atoms with E-state index in [0.29, 0.717) is 17.9 Å². The number of carbonyl (C=O) groups is 2. The van der Waals surface area contributed by atoms with Gasteiger partial charge >= 0.3 is 12.1 Å². The number of amides is 1. The molecule has 0 saturated heterocycles. The van der Waals surface area contributed by atoms with Crippen LogP contribution in [0.3, 0.4) is 0 Å². The Labute approximate surface area is 147 Å². The van der Waals surface area contributed by atoms with Crippen LogP contribution in [0, 0.1) is 0 Å². The van der Waals surface area contributed by atoms with Crippen molar-refractivity contribution in [3.05, 3.63) is 24.3 Å². The van der Waals surface area contributed by atoms with Crippen LogP contribution < -0.4 is 21.5 Å². The number of nitrogens with two attached hydrogens (primary N) is 2. The third-order valence-corrected chi connectivity index (χ3v) is 3.24. The number of hydrogen-bond acceptors (Lipinski definition) is 5. The van der Waals surface area contributed by atoms with E-state index in [4.69, 9.17) is 20.9 Å². The van der Waals surface area contributed by atoms with Crippen molar-refractivity contribution in [2.75, 3.05) is 0 Å². The Morgan fingerprint density at radius 2 is 1.68 bits per heavy atom. The molecule has 8 nitrogen and oxygen atoms in total. The molecule has 0 aliphatic rings. The molecule has 138 valence electrons. The lowest BCUT2D eigenvalue weighted by Gasteiger charge is -2.29. The quantitative estimate of drug-likeness (QED) is 0.323. The van der Waals surface area contributed by atoms with Crippen LogP contribution in [0.2, 0.25) is 0 Å². The van der Waals surface area contributed by atoms with Gasteiger partial charge in [0.05, 0.1) is 5.69 Å². The summed E-state index contributed by atoms with van der Waals surface area (Å²) < 4.78 is 10.5. The third kappa shape index (κ3) is 6.70. The van der Waals surface area contributed by atoms with Crippen molar-refractivity contribution in [3.63, 3.8) is 0 Å². The summed E-state index contributed by atoms with van der Waals surface area (Å²) >= 11 is 0. The molecule has 5 N–H and O–H groups in total. The van der Waals surface area contributed by atoms with Crippen molar-refractivity contribution in [1.29, 1.82) is 0 Å². The zero-order valence-electron chi connectivity index (χ0n) is 15.3. The van der Waals surface area contributed by atoms with E-state index in [1.807, 2.05) is 0 Å². The van der Waals surface area contributed by atoms with Crippen molar-refractivity contribution >= 4 is 23.7 Å². The standard InChI is InChI=1S/C17H26N4O4/c1-6-17(5,21-15(23)25-16(2,3)4)13(22)24-12-9-7-11(8-10-12)20-14(18)19/h7-10H,6H2,1-5H3,(H,21,23)(H4,18,19,20)/t17-/m0/s1. The van der Waals surface area contributed by atoms with Crippen LogP contribution in [0.4, 0.5) is 10.5 Å². The van der Waals surface area contributed by atoms with Gasteiger partial charge in [0.25, 0.3) is 0 Å². The highest BCUT2D eigenvalue weighted by atomic mass is 16.6. The first-order valence-corrected chi connectivity index (χ1v) is 7.88. The first-order chi connectivity index (χ1) is 11.4. The fraction of sp³-hybridized carbons (Fsp3) is 0.471. The van der Waals surface area contributed by atoms with Crippen LogP contribution in [0.1, 0.15) is 41.0 Å². The van der Waals surface area contributed by atoms with E-state index in [0.717, 1.165) is 0 Å². The zero-order valence-corrected chi connectivity index (χ0v) is 15.3. The Morgan fingerprint density at radius 1 is 1.12 bits per heavy atom. The molecule has 1 atom stereocenters. The molecule has 0 bridgehead atoms. The molecule has 0 aromatic heterocycles. The lowest BCUT2D eigenvalue weighted by Crippen LogP contribution is -2.54. The van der Waals surface area contributed by atoms with Gasteiger partial charge in [0.15, 0.2) is 5.96 Å². The molecule has 0 unspecified atom stereocenters. The summed E-state index contributed by atoms with van der Waals surface area (Å²) in [7, 11) is 0. The summed E-state index contributed by atoms with van der Waals surface area (Å²) in [5.41, 5.74) is 9.25. The molecule has 0 aliphatic carbocycles. The largest absolute Gasteiger partial charge is 0.444 e. The normalized spacial score (nSPS) is 13.3. The average molecular weight is 350 g/mol. The summed E-state index contributed by atoms with van der Waals surface area (Å²) in [5.74, 6) is -0.356. The van der Waals surface area contributed by atoms with Crippen LogP contribution in [-0.4, -0.2) is 29.2 Å². The molecule has 0 spiro atoms. The van der Waals surface area contributed by atoms with Crippen LogP contribution in [-0.2, 0) is 9.53 Å². The number of ether oxygens (including phenoxy) is 2. The van der Waals surface area contributed by atoms with Gasteiger partial charge in [-0.3, -0.25) is 0 Å². The van der Waals surface area contributed by atoms with Gasteiger partial charge in [0.2, 0.25) is 0 Å². The first-order valence-electron chi connectivity index (χ1n) is 7.88. The first kappa shape index (κ1) is 20.3. The average Bonchev–Trinajstić information content (AvgIpc) is 2.46. The smallest absolute Gasteiger partial charge is 0.408 e. The summed E-state index contributed by atoms with van der Waals surface area (Å²) in [4.78, 5) is 28.3. The molecule has 0 heterocycles. The number of benzene rings is 1. The van der Waals surface area contributed by atoms with Crippen LogP contribution >= 0.6 is 0 Å². The Kier molecular flexibility index (Phi) is 6.38. The monoisotopic (exact) mass is 350 g/mol. The van der Waals surface area contributed by atoms with E-state index in [2.05, 4.69) is 10.3 Å². The number of rotatable bonds is 5. The number of guanidine groups is 1. The molecule has 1 amide bonds. The second kappa shape index (κ2) is 7.87. The Hall–Kier alpha value is -2.77. The van der Waals surface area contributed by atoms with E-state index in [-0.39, 0.29) is 5.96 Å². The number of nitrogens with one attached hydrogen (secondary N) is 1. The lowest BCUT2D eigenvalue weighted by molar-refractivity contribution is -0.141. The van der Waals surface area contributed by atoms with Gasteiger partial charge in [-0.15, -0.1) is 0 Å². The van der Waals surface area contributed by atoms with E-state index in [1.165, 1.54) is 0 Å². The molecule has 0 radical (unpaired) electrons. The molecule has 1 rings (SSSR count). The Morgan fingerprint density at radius 3 is 2.12 bits per heavy atom. The van der Waals surface area contributed by atoms with Crippen LogP contribution in [0.25, 0.3) is 0 Å². The predicted molar refractivity (Wildman–Crippen MR) is 95.6 cm³/mol. The number of nitrogens with zero attached hydrogens (tertiary/aromatic N) is 1. The molecule has 0 fully saturated rings. The van der Waals surface area contributed by atoms with Gasteiger partial charge < -0.3 is 26.3 Å². The maximum absolute atomic E-state index is 12.5. The van der Waals surface area contributed by atoms with Crippen molar-refractivity contribution in [3.8, 4) is 5.75 Å². The second-order valence-corrected chi connectivity index (χ2v) is 6.73. The minimum absolute atomic E-state index is 0.0649. The molecular formula is C17H26N4O4. The SMILES string of the molecule is CC[C@](C)(NC(=O)OC(C)(C)C)C(=O)Oc1ccc(N=C(N)N)cc1. The second-order valence-electron chi connectivity index (χ2n) is 6.73. The fourth-order valence-electron chi connectivity index (χ4n) is 1.77.